The number of aromatic nitrogens is 1. The van der Waals surface area contributed by atoms with E-state index < -0.39 is 17.9 Å². The number of hydrogen-bond donors (Lipinski definition) is 1. The lowest BCUT2D eigenvalue weighted by Crippen LogP contribution is -2.32. The highest BCUT2D eigenvalue weighted by atomic mass is 79.9. The van der Waals surface area contributed by atoms with Crippen molar-refractivity contribution in [2.75, 3.05) is 14.2 Å². The highest BCUT2D eigenvalue weighted by Crippen LogP contribution is 2.41. The number of nitrogens with zero attached hydrogens (tertiary/aromatic N) is 1. The van der Waals surface area contributed by atoms with Crippen LogP contribution in [0.25, 0.3) is 0 Å². The Kier molecular flexibility index (Phi) is 5.20. The van der Waals surface area contributed by atoms with Gasteiger partial charge in [0.25, 0.3) is 0 Å². The topological polar surface area (TPSA) is 77.5 Å². The predicted octanol–water partition coefficient (Wildman–Crippen LogP) is 2.42. The third kappa shape index (κ3) is 3.14. The first-order valence-electron chi connectivity index (χ1n) is 6.88. The zero-order chi connectivity index (χ0) is 17.1. The fourth-order valence-corrected chi connectivity index (χ4v) is 3.16. The highest BCUT2D eigenvalue weighted by Gasteiger charge is 2.38. The number of carbonyl (C=O) groups excluding carboxylic acids is 2. The summed E-state index contributed by atoms with van der Waals surface area (Å²) in [5.74, 6) is -1.64. The van der Waals surface area contributed by atoms with E-state index in [0.717, 1.165) is 0 Å². The fraction of sp³-hybridized carbons (Fsp3) is 0.312. The van der Waals surface area contributed by atoms with Crippen molar-refractivity contribution in [2.24, 2.45) is 0 Å². The van der Waals surface area contributed by atoms with Crippen molar-refractivity contribution in [2.45, 2.75) is 19.8 Å². The first kappa shape index (κ1) is 17.2. The number of esters is 2. The number of hydrogen-bond acceptors (Lipinski definition) is 6. The number of carbonyl (C=O) groups is 2. The Morgan fingerprint density at radius 3 is 2.09 bits per heavy atom. The van der Waals surface area contributed by atoms with Crippen LogP contribution >= 0.6 is 15.9 Å². The summed E-state index contributed by atoms with van der Waals surface area (Å²) in [6.45, 7) is 3.53. The van der Waals surface area contributed by atoms with Gasteiger partial charge in [0.2, 0.25) is 0 Å². The van der Waals surface area contributed by atoms with Crippen LogP contribution in [0.1, 0.15) is 25.3 Å². The van der Waals surface area contributed by atoms with Crippen LogP contribution in [0.4, 0.5) is 0 Å². The van der Waals surface area contributed by atoms with Gasteiger partial charge < -0.3 is 14.8 Å². The van der Waals surface area contributed by atoms with Gasteiger partial charge in [0.1, 0.15) is 4.60 Å². The fourth-order valence-electron chi connectivity index (χ4n) is 2.68. The van der Waals surface area contributed by atoms with E-state index in [-0.39, 0.29) is 0 Å². The summed E-state index contributed by atoms with van der Waals surface area (Å²) in [6.07, 6.45) is 1.62. The number of methoxy groups -OCH3 is 2. The minimum atomic E-state index is -0.626. The third-order valence-corrected chi connectivity index (χ3v) is 4.33. The Hall–Kier alpha value is -2.15. The highest BCUT2D eigenvalue weighted by molar-refractivity contribution is 9.10. The van der Waals surface area contributed by atoms with Gasteiger partial charge in [-0.05, 0) is 41.4 Å². The van der Waals surface area contributed by atoms with Gasteiger partial charge in [-0.2, -0.15) is 0 Å². The number of dihydropyridines is 1. The van der Waals surface area contributed by atoms with Gasteiger partial charge in [-0.15, -0.1) is 0 Å². The monoisotopic (exact) mass is 380 g/mol. The SMILES string of the molecule is COC(=O)C1=C(C)NC(C)=C(C(=O)OC)C1c1cccnc1Br. The minimum Gasteiger partial charge on any atom is -0.466 e. The molecule has 0 bridgehead atoms. The molecule has 122 valence electrons. The second kappa shape index (κ2) is 6.95. The maximum Gasteiger partial charge on any atom is 0.336 e. The van der Waals surface area contributed by atoms with Gasteiger partial charge >= 0.3 is 11.9 Å². The average Bonchev–Trinajstić information content (AvgIpc) is 2.53. The molecule has 1 aromatic rings. The van der Waals surface area contributed by atoms with E-state index >= 15 is 0 Å². The first-order chi connectivity index (χ1) is 10.9. The number of pyridine rings is 1. The molecule has 2 heterocycles. The summed E-state index contributed by atoms with van der Waals surface area (Å²) < 4.78 is 10.4. The Bertz CT molecular complexity index is 687. The number of nitrogens with one attached hydrogen (secondary N) is 1. The molecule has 23 heavy (non-hydrogen) atoms. The third-order valence-electron chi connectivity index (χ3n) is 3.67. The summed E-state index contributed by atoms with van der Waals surface area (Å²) in [5, 5.41) is 3.05. The van der Waals surface area contributed by atoms with Crippen LogP contribution < -0.4 is 5.32 Å². The minimum absolute atomic E-state index is 0.354. The van der Waals surface area contributed by atoms with Crippen LogP contribution in [0, 0.1) is 0 Å². The molecule has 7 heteroatoms. The standard InChI is InChI=1S/C16H17BrN2O4/c1-8-11(15(20)22-3)13(10-6-5-7-18-14(10)17)12(9(2)19-8)16(21)23-4/h5-7,13,19H,1-4H3. The Morgan fingerprint density at radius 2 is 1.65 bits per heavy atom. The lowest BCUT2D eigenvalue weighted by molar-refractivity contribution is -0.137. The van der Waals surface area contributed by atoms with E-state index in [2.05, 4.69) is 26.2 Å². The van der Waals surface area contributed by atoms with Crippen LogP contribution in [-0.4, -0.2) is 31.1 Å². The Balaban J connectivity index is 2.73. The molecule has 0 amide bonds. The van der Waals surface area contributed by atoms with Crippen molar-refractivity contribution in [1.29, 1.82) is 0 Å². The Morgan fingerprint density at radius 1 is 1.13 bits per heavy atom. The molecule has 0 aliphatic carbocycles. The molecule has 0 unspecified atom stereocenters. The van der Waals surface area contributed by atoms with Gasteiger partial charge in [0.15, 0.2) is 0 Å². The lowest BCUT2D eigenvalue weighted by atomic mass is 9.81. The van der Waals surface area contributed by atoms with Crippen molar-refractivity contribution in [3.8, 4) is 0 Å². The number of ether oxygens (including phenoxy) is 2. The quantitative estimate of drug-likeness (QED) is 0.640. The van der Waals surface area contributed by atoms with Gasteiger partial charge in [-0.25, -0.2) is 14.6 Å². The molecule has 0 fully saturated rings. The van der Waals surface area contributed by atoms with E-state index in [1.54, 1.807) is 32.2 Å². The van der Waals surface area contributed by atoms with Gasteiger partial charge in [0.05, 0.1) is 31.3 Å². The molecule has 0 aromatic carbocycles. The molecule has 0 saturated heterocycles. The first-order valence-corrected chi connectivity index (χ1v) is 7.67. The second-order valence-electron chi connectivity index (χ2n) is 5.00. The molecule has 0 saturated carbocycles. The maximum atomic E-state index is 12.3. The van der Waals surface area contributed by atoms with Gasteiger partial charge in [-0.1, -0.05) is 6.07 Å². The van der Waals surface area contributed by atoms with E-state index in [0.29, 0.717) is 32.7 Å². The summed E-state index contributed by atoms with van der Waals surface area (Å²) in [7, 11) is 2.61. The smallest absolute Gasteiger partial charge is 0.336 e. The normalized spacial score (nSPS) is 15.3. The summed E-state index contributed by atoms with van der Waals surface area (Å²) in [6, 6.07) is 3.55. The molecule has 0 radical (unpaired) electrons. The molecular formula is C16H17BrN2O4. The molecule has 1 aliphatic heterocycles. The number of rotatable bonds is 3. The summed E-state index contributed by atoms with van der Waals surface area (Å²) in [4.78, 5) is 28.8. The average molecular weight is 381 g/mol. The summed E-state index contributed by atoms with van der Waals surface area (Å²) in [5.41, 5.74) is 2.65. The number of allylic oxidation sites excluding steroid dienone is 2. The van der Waals surface area contributed by atoms with Crippen molar-refractivity contribution >= 4 is 27.9 Å². The Labute approximate surface area is 142 Å². The van der Waals surface area contributed by atoms with Crippen LogP contribution in [0.15, 0.2) is 45.5 Å². The van der Waals surface area contributed by atoms with Gasteiger partial charge in [0, 0.05) is 17.6 Å². The zero-order valence-electron chi connectivity index (χ0n) is 13.3. The van der Waals surface area contributed by atoms with Crippen molar-refractivity contribution in [3.63, 3.8) is 0 Å². The largest absolute Gasteiger partial charge is 0.466 e. The number of halogens is 1. The van der Waals surface area contributed by atoms with Crippen molar-refractivity contribution in [3.05, 3.63) is 51.0 Å². The van der Waals surface area contributed by atoms with Crippen LogP contribution in [0.2, 0.25) is 0 Å². The molecular weight excluding hydrogens is 364 g/mol. The molecule has 1 aliphatic rings. The van der Waals surface area contributed by atoms with Gasteiger partial charge in [-0.3, -0.25) is 0 Å². The van der Waals surface area contributed by atoms with E-state index in [4.69, 9.17) is 9.47 Å². The second-order valence-corrected chi connectivity index (χ2v) is 5.75. The molecule has 1 aromatic heterocycles. The molecule has 2 rings (SSSR count). The van der Waals surface area contributed by atoms with Crippen molar-refractivity contribution in [1.82, 2.24) is 10.3 Å². The molecule has 0 spiro atoms. The van der Waals surface area contributed by atoms with Crippen LogP contribution in [0.3, 0.4) is 0 Å². The molecule has 6 nitrogen and oxygen atoms in total. The van der Waals surface area contributed by atoms with Crippen molar-refractivity contribution < 1.29 is 19.1 Å². The zero-order valence-corrected chi connectivity index (χ0v) is 14.9. The summed E-state index contributed by atoms with van der Waals surface area (Å²) >= 11 is 3.39. The van der Waals surface area contributed by atoms with E-state index in [1.807, 2.05) is 0 Å². The predicted molar refractivity (Wildman–Crippen MR) is 87.2 cm³/mol. The molecule has 0 atom stereocenters. The van der Waals surface area contributed by atoms with Crippen LogP contribution in [-0.2, 0) is 19.1 Å². The lowest BCUT2D eigenvalue weighted by Gasteiger charge is -2.30. The molecule has 1 N–H and O–H groups in total. The maximum absolute atomic E-state index is 12.3. The van der Waals surface area contributed by atoms with E-state index in [1.165, 1.54) is 14.2 Å². The van der Waals surface area contributed by atoms with E-state index in [9.17, 15) is 9.59 Å². The van der Waals surface area contributed by atoms with Crippen LogP contribution in [0.5, 0.6) is 0 Å².